The monoisotopic (exact) mass is 272 g/mol. The lowest BCUT2D eigenvalue weighted by Crippen LogP contribution is -2.22. The predicted octanol–water partition coefficient (Wildman–Crippen LogP) is 2.14. The van der Waals surface area contributed by atoms with Crippen molar-refractivity contribution < 1.29 is 9.53 Å². The minimum atomic E-state index is -0.730. The first kappa shape index (κ1) is 14.0. The second-order valence-electron chi connectivity index (χ2n) is 4.68. The van der Waals surface area contributed by atoms with E-state index in [1.165, 1.54) is 17.9 Å². The quantitative estimate of drug-likeness (QED) is 0.803. The molecule has 0 fully saturated rings. The number of esters is 1. The van der Waals surface area contributed by atoms with Crippen LogP contribution in [0.2, 0.25) is 0 Å². The molecule has 0 aliphatic rings. The summed E-state index contributed by atoms with van der Waals surface area (Å²) in [7, 11) is 1.23. The van der Waals surface area contributed by atoms with Crippen LogP contribution in [0.1, 0.15) is 35.8 Å². The van der Waals surface area contributed by atoms with Gasteiger partial charge in [0.2, 0.25) is 11.1 Å². The van der Waals surface area contributed by atoms with Crippen LogP contribution in [-0.2, 0) is 4.74 Å². The van der Waals surface area contributed by atoms with Gasteiger partial charge in [0.25, 0.3) is 0 Å². The highest BCUT2D eigenvalue weighted by atomic mass is 16.5. The van der Waals surface area contributed by atoms with Gasteiger partial charge in [-0.3, -0.25) is 4.79 Å². The van der Waals surface area contributed by atoms with Crippen LogP contribution in [0.3, 0.4) is 0 Å². The lowest BCUT2D eigenvalue weighted by atomic mass is 10.0. The van der Waals surface area contributed by atoms with E-state index in [1.54, 1.807) is 6.20 Å². The molecule has 2 aromatic rings. The van der Waals surface area contributed by atoms with E-state index in [0.29, 0.717) is 5.92 Å². The molecule has 2 rings (SSSR count). The molecule has 0 saturated carbocycles. The van der Waals surface area contributed by atoms with Gasteiger partial charge in [0.05, 0.1) is 12.8 Å². The molecule has 0 spiro atoms. The van der Waals surface area contributed by atoms with Crippen molar-refractivity contribution in [2.24, 2.45) is 0 Å². The molecular formula is C15H16N2O3. The van der Waals surface area contributed by atoms with Gasteiger partial charge in [-0.15, -0.1) is 0 Å². The Morgan fingerprint density at radius 2 is 1.95 bits per heavy atom. The molecule has 0 aliphatic heterocycles. The van der Waals surface area contributed by atoms with E-state index in [0.717, 1.165) is 11.3 Å². The van der Waals surface area contributed by atoms with Crippen LogP contribution in [0.4, 0.5) is 0 Å². The number of aromatic nitrogens is 2. The third-order valence-corrected chi connectivity index (χ3v) is 2.99. The van der Waals surface area contributed by atoms with Crippen molar-refractivity contribution in [1.82, 2.24) is 9.78 Å². The maximum atomic E-state index is 11.6. The molecule has 0 saturated heterocycles. The fourth-order valence-corrected chi connectivity index (χ4v) is 1.96. The first-order valence-electron chi connectivity index (χ1n) is 6.32. The summed E-state index contributed by atoms with van der Waals surface area (Å²) in [6.07, 6.45) is 1.55. The first-order chi connectivity index (χ1) is 9.54. The minimum absolute atomic E-state index is 0.214. The standard InChI is InChI=1S/C15H16N2O3/c1-10(2)11-6-4-5-7-12(11)17-9-8-13(18)14(16-17)15(19)20-3/h4-10H,1-3H3. The zero-order chi connectivity index (χ0) is 14.7. The Hall–Kier alpha value is -2.43. The Kier molecular flexibility index (Phi) is 3.98. The van der Waals surface area contributed by atoms with Crippen LogP contribution < -0.4 is 5.43 Å². The molecule has 0 radical (unpaired) electrons. The van der Waals surface area contributed by atoms with Crippen molar-refractivity contribution >= 4 is 5.97 Å². The van der Waals surface area contributed by atoms with E-state index in [-0.39, 0.29) is 5.69 Å². The Morgan fingerprint density at radius 1 is 1.25 bits per heavy atom. The van der Waals surface area contributed by atoms with Gasteiger partial charge in [0.1, 0.15) is 0 Å². The van der Waals surface area contributed by atoms with E-state index in [4.69, 9.17) is 0 Å². The molecule has 5 heteroatoms. The van der Waals surface area contributed by atoms with Gasteiger partial charge in [-0.25, -0.2) is 9.48 Å². The van der Waals surface area contributed by atoms with E-state index in [2.05, 4.69) is 23.7 Å². The molecule has 0 unspecified atom stereocenters. The summed E-state index contributed by atoms with van der Waals surface area (Å²) in [6.45, 7) is 4.14. The van der Waals surface area contributed by atoms with Gasteiger partial charge in [-0.05, 0) is 17.5 Å². The number of para-hydroxylation sites is 1. The van der Waals surface area contributed by atoms with Crippen LogP contribution in [0.5, 0.6) is 0 Å². The lowest BCUT2D eigenvalue weighted by molar-refractivity contribution is 0.0590. The number of ether oxygens (including phenoxy) is 1. The first-order valence-corrected chi connectivity index (χ1v) is 6.32. The number of nitrogens with zero attached hydrogens (tertiary/aromatic N) is 2. The number of rotatable bonds is 3. The summed E-state index contributed by atoms with van der Waals surface area (Å²) >= 11 is 0. The summed E-state index contributed by atoms with van der Waals surface area (Å²) in [4.78, 5) is 23.2. The number of carbonyl (C=O) groups is 1. The Labute approximate surface area is 116 Å². The number of benzene rings is 1. The Balaban J connectivity index is 2.60. The minimum Gasteiger partial charge on any atom is -0.464 e. The zero-order valence-electron chi connectivity index (χ0n) is 11.7. The molecule has 0 atom stereocenters. The predicted molar refractivity (Wildman–Crippen MR) is 75.3 cm³/mol. The van der Waals surface area contributed by atoms with Gasteiger partial charge in [-0.1, -0.05) is 32.0 Å². The summed E-state index contributed by atoms with van der Waals surface area (Å²) in [5, 5.41) is 4.09. The van der Waals surface area contributed by atoms with Crippen LogP contribution >= 0.6 is 0 Å². The summed E-state index contributed by atoms with van der Waals surface area (Å²) < 4.78 is 6.10. The third-order valence-electron chi connectivity index (χ3n) is 2.99. The normalized spacial score (nSPS) is 10.6. The topological polar surface area (TPSA) is 61.2 Å². The highest BCUT2D eigenvalue weighted by Gasteiger charge is 2.15. The van der Waals surface area contributed by atoms with Gasteiger partial charge < -0.3 is 4.74 Å². The number of carbonyl (C=O) groups excluding carboxylic acids is 1. The SMILES string of the molecule is COC(=O)c1nn(-c2ccccc2C(C)C)ccc1=O. The molecule has 104 valence electrons. The van der Waals surface area contributed by atoms with Gasteiger partial charge in [0.15, 0.2) is 0 Å². The number of hydrogen-bond acceptors (Lipinski definition) is 4. The maximum absolute atomic E-state index is 11.6. The van der Waals surface area contributed by atoms with Gasteiger partial charge >= 0.3 is 5.97 Å². The van der Waals surface area contributed by atoms with Crippen molar-refractivity contribution in [1.29, 1.82) is 0 Å². The van der Waals surface area contributed by atoms with E-state index in [9.17, 15) is 9.59 Å². The third kappa shape index (κ3) is 2.61. The average molecular weight is 272 g/mol. The molecule has 0 N–H and O–H groups in total. The Bertz CT molecular complexity index is 690. The molecule has 1 heterocycles. The van der Waals surface area contributed by atoms with Crippen molar-refractivity contribution in [3.05, 3.63) is 58.0 Å². The lowest BCUT2D eigenvalue weighted by Gasteiger charge is -2.14. The summed E-state index contributed by atoms with van der Waals surface area (Å²) in [6, 6.07) is 9.04. The van der Waals surface area contributed by atoms with Crippen molar-refractivity contribution in [3.8, 4) is 5.69 Å². The number of methoxy groups -OCH3 is 1. The molecular weight excluding hydrogens is 256 g/mol. The maximum Gasteiger partial charge on any atom is 0.362 e. The fraction of sp³-hybridized carbons (Fsp3) is 0.267. The van der Waals surface area contributed by atoms with Crippen LogP contribution in [-0.4, -0.2) is 22.9 Å². The molecule has 1 aromatic heterocycles. The smallest absolute Gasteiger partial charge is 0.362 e. The van der Waals surface area contributed by atoms with Crippen LogP contribution in [0.15, 0.2) is 41.3 Å². The molecule has 20 heavy (non-hydrogen) atoms. The molecule has 0 bridgehead atoms. The second kappa shape index (κ2) is 5.69. The molecule has 1 aromatic carbocycles. The van der Waals surface area contributed by atoms with E-state index >= 15 is 0 Å². The molecule has 0 amide bonds. The highest BCUT2D eigenvalue weighted by Crippen LogP contribution is 2.21. The van der Waals surface area contributed by atoms with Crippen molar-refractivity contribution in [3.63, 3.8) is 0 Å². The molecule has 5 nitrogen and oxygen atoms in total. The van der Waals surface area contributed by atoms with Crippen LogP contribution in [0.25, 0.3) is 5.69 Å². The van der Waals surface area contributed by atoms with Crippen molar-refractivity contribution in [2.45, 2.75) is 19.8 Å². The van der Waals surface area contributed by atoms with Gasteiger partial charge in [0, 0.05) is 12.3 Å². The van der Waals surface area contributed by atoms with Gasteiger partial charge in [-0.2, -0.15) is 5.10 Å². The second-order valence-corrected chi connectivity index (χ2v) is 4.68. The summed E-state index contributed by atoms with van der Waals surface area (Å²) in [5.41, 5.74) is 1.26. The van der Waals surface area contributed by atoms with E-state index in [1.807, 2.05) is 24.3 Å². The Morgan fingerprint density at radius 3 is 2.60 bits per heavy atom. The van der Waals surface area contributed by atoms with Crippen LogP contribution in [0, 0.1) is 0 Å². The summed E-state index contributed by atoms with van der Waals surface area (Å²) in [5.74, 6) is -0.430. The largest absolute Gasteiger partial charge is 0.464 e. The highest BCUT2D eigenvalue weighted by molar-refractivity contribution is 5.86. The molecule has 0 aliphatic carbocycles. The fourth-order valence-electron chi connectivity index (χ4n) is 1.96. The average Bonchev–Trinajstić information content (AvgIpc) is 2.47. The number of hydrogen-bond donors (Lipinski definition) is 0. The van der Waals surface area contributed by atoms with E-state index < -0.39 is 11.4 Å². The zero-order valence-corrected chi connectivity index (χ0v) is 11.7. The van der Waals surface area contributed by atoms with Crippen molar-refractivity contribution in [2.75, 3.05) is 7.11 Å².